The van der Waals surface area contributed by atoms with Gasteiger partial charge in [-0.05, 0) is 53.9 Å². The molecular formula is C20H27N2O3-. The van der Waals surface area contributed by atoms with E-state index in [0.29, 0.717) is 17.5 Å². The van der Waals surface area contributed by atoms with Crippen LogP contribution in [0.5, 0.6) is 0 Å². The molecule has 0 bridgehead atoms. The van der Waals surface area contributed by atoms with Gasteiger partial charge in [-0.3, -0.25) is 4.79 Å². The van der Waals surface area contributed by atoms with Gasteiger partial charge >= 0.3 is 0 Å². The van der Waals surface area contributed by atoms with Crippen molar-refractivity contribution < 1.29 is 14.7 Å². The summed E-state index contributed by atoms with van der Waals surface area (Å²) in [6.45, 7) is 6.96. The molecule has 1 heterocycles. The number of rotatable bonds is 4. The largest absolute Gasteiger partial charge is 0.550 e. The number of benzene rings is 1. The van der Waals surface area contributed by atoms with Crippen LogP contribution in [-0.2, 0) is 10.2 Å². The normalized spacial score (nSPS) is 26.8. The molecule has 3 rings (SSSR count). The van der Waals surface area contributed by atoms with Crippen LogP contribution in [0.15, 0.2) is 18.2 Å². The van der Waals surface area contributed by atoms with Crippen molar-refractivity contribution in [2.24, 2.45) is 11.8 Å². The first-order valence-electron chi connectivity index (χ1n) is 9.18. The van der Waals surface area contributed by atoms with Crippen LogP contribution in [0.25, 0.3) is 0 Å². The molecule has 3 atom stereocenters. The highest BCUT2D eigenvalue weighted by Crippen LogP contribution is 2.49. The molecule has 5 heteroatoms. The number of hydrogen-bond donors (Lipinski definition) is 2. The molecule has 1 saturated carbocycles. The molecule has 25 heavy (non-hydrogen) atoms. The zero-order valence-corrected chi connectivity index (χ0v) is 15.2. The van der Waals surface area contributed by atoms with Crippen molar-refractivity contribution in [3.05, 3.63) is 29.3 Å². The van der Waals surface area contributed by atoms with Crippen molar-refractivity contribution in [1.82, 2.24) is 5.32 Å². The highest BCUT2D eigenvalue weighted by Gasteiger charge is 2.44. The van der Waals surface area contributed by atoms with E-state index in [0.717, 1.165) is 11.6 Å². The molecule has 1 aliphatic heterocycles. The third-order valence-electron chi connectivity index (χ3n) is 5.97. The third kappa shape index (κ3) is 3.51. The molecule has 1 aliphatic carbocycles. The summed E-state index contributed by atoms with van der Waals surface area (Å²) in [6.07, 6.45) is 3.48. The van der Waals surface area contributed by atoms with Crippen LogP contribution >= 0.6 is 0 Å². The second kappa shape index (κ2) is 6.70. The lowest BCUT2D eigenvalue weighted by Gasteiger charge is -2.50. The van der Waals surface area contributed by atoms with Crippen LogP contribution in [0, 0.1) is 11.8 Å². The van der Waals surface area contributed by atoms with Crippen LogP contribution in [0.4, 0.5) is 5.69 Å². The fourth-order valence-electron chi connectivity index (χ4n) is 4.53. The monoisotopic (exact) mass is 343 g/mol. The average Bonchev–Trinajstić information content (AvgIpc) is 2.53. The van der Waals surface area contributed by atoms with Crippen LogP contribution < -0.4 is 15.7 Å². The van der Waals surface area contributed by atoms with E-state index >= 15 is 0 Å². The second-order valence-corrected chi connectivity index (χ2v) is 8.14. The Hall–Kier alpha value is -2.04. The Morgan fingerprint density at radius 2 is 2.08 bits per heavy atom. The quantitative estimate of drug-likeness (QED) is 0.877. The number of nitrogens with one attached hydrogen (secondary N) is 2. The van der Waals surface area contributed by atoms with Crippen LogP contribution in [0.2, 0.25) is 0 Å². The predicted molar refractivity (Wildman–Crippen MR) is 95.3 cm³/mol. The van der Waals surface area contributed by atoms with Gasteiger partial charge < -0.3 is 20.5 Å². The molecule has 0 aromatic heterocycles. The van der Waals surface area contributed by atoms with Gasteiger partial charge in [0, 0.05) is 36.2 Å². The number of carbonyl (C=O) groups excluding carboxylic acids is 2. The molecule has 1 aromatic carbocycles. The molecule has 0 radical (unpaired) electrons. The summed E-state index contributed by atoms with van der Waals surface area (Å²) in [7, 11) is 0. The Balaban J connectivity index is 1.82. The summed E-state index contributed by atoms with van der Waals surface area (Å²) in [4.78, 5) is 22.8. The molecule has 136 valence electrons. The van der Waals surface area contributed by atoms with Gasteiger partial charge in [0.25, 0.3) is 5.91 Å². The maximum Gasteiger partial charge on any atom is 0.251 e. The number of aliphatic carboxylic acids is 1. The fraction of sp³-hybridized carbons (Fsp3) is 0.600. The molecule has 1 amide bonds. The molecule has 2 aliphatic rings. The number of fused-ring (bicyclic) bond motifs is 2. The Bertz CT molecular complexity index is 684. The molecule has 5 nitrogen and oxygen atoms in total. The third-order valence-corrected chi connectivity index (χ3v) is 5.97. The van der Waals surface area contributed by atoms with E-state index in [2.05, 4.69) is 31.4 Å². The first kappa shape index (κ1) is 17.8. The molecular weight excluding hydrogens is 316 g/mol. The lowest BCUT2D eigenvalue weighted by molar-refractivity contribution is -0.305. The van der Waals surface area contributed by atoms with Crippen molar-refractivity contribution in [1.29, 1.82) is 0 Å². The number of carboxylic acids is 1. The molecule has 2 N–H and O–H groups in total. The van der Waals surface area contributed by atoms with Gasteiger partial charge in [0.05, 0.1) is 0 Å². The zero-order chi connectivity index (χ0) is 18.2. The van der Waals surface area contributed by atoms with Crippen molar-refractivity contribution in [3.63, 3.8) is 0 Å². The highest BCUT2D eigenvalue weighted by atomic mass is 16.4. The van der Waals surface area contributed by atoms with Gasteiger partial charge in [0.15, 0.2) is 0 Å². The summed E-state index contributed by atoms with van der Waals surface area (Å²) in [5.41, 5.74) is 2.88. The highest BCUT2D eigenvalue weighted by molar-refractivity contribution is 5.95. The minimum Gasteiger partial charge on any atom is -0.550 e. The standard InChI is InChI=1S/C20H28N2O3/c1-12-4-6-14-17(10-12)22-16-7-5-13(11-15(16)20(14,2)3)19(25)21-9-8-18(23)24/h5,7,11-12,14,17,22H,4,6,8-10H2,1-3H3,(H,21,25)(H,23,24)/p-1/t12-,14+,17-/m0/s1. The summed E-state index contributed by atoms with van der Waals surface area (Å²) in [5, 5.41) is 16.8. The molecule has 0 spiro atoms. The van der Waals surface area contributed by atoms with E-state index in [9.17, 15) is 14.7 Å². The van der Waals surface area contributed by atoms with Gasteiger partial charge in [-0.15, -0.1) is 0 Å². The van der Waals surface area contributed by atoms with E-state index in [1.807, 2.05) is 18.2 Å². The topological polar surface area (TPSA) is 81.3 Å². The lowest BCUT2D eigenvalue weighted by Crippen LogP contribution is -2.49. The summed E-state index contributed by atoms with van der Waals surface area (Å²) in [6, 6.07) is 6.25. The molecule has 0 saturated heterocycles. The minimum atomic E-state index is -1.16. The van der Waals surface area contributed by atoms with Gasteiger partial charge in [-0.25, -0.2) is 0 Å². The molecule has 1 fully saturated rings. The van der Waals surface area contributed by atoms with Gasteiger partial charge in [-0.2, -0.15) is 0 Å². The molecule has 1 aromatic rings. The van der Waals surface area contributed by atoms with E-state index in [1.165, 1.54) is 24.8 Å². The van der Waals surface area contributed by atoms with Gasteiger partial charge in [0.2, 0.25) is 0 Å². The number of amides is 1. The zero-order valence-electron chi connectivity index (χ0n) is 15.2. The Morgan fingerprint density at radius 3 is 2.80 bits per heavy atom. The average molecular weight is 343 g/mol. The Morgan fingerprint density at radius 1 is 1.32 bits per heavy atom. The SMILES string of the molecule is C[C@H]1CC[C@@H]2[C@H](C1)Nc1ccc(C(=O)NCCC(=O)[O-])cc1C2(C)C. The Kier molecular flexibility index (Phi) is 4.76. The van der Waals surface area contributed by atoms with Crippen molar-refractivity contribution in [3.8, 4) is 0 Å². The van der Waals surface area contributed by atoms with Gasteiger partial charge in [0.1, 0.15) is 0 Å². The number of carbonyl (C=O) groups is 2. The van der Waals surface area contributed by atoms with Crippen molar-refractivity contribution in [2.75, 3.05) is 11.9 Å². The number of anilines is 1. The van der Waals surface area contributed by atoms with E-state index in [4.69, 9.17) is 0 Å². The fourth-order valence-corrected chi connectivity index (χ4v) is 4.53. The first-order chi connectivity index (χ1) is 11.8. The smallest absolute Gasteiger partial charge is 0.251 e. The van der Waals surface area contributed by atoms with Crippen molar-refractivity contribution >= 4 is 17.6 Å². The van der Waals surface area contributed by atoms with Crippen molar-refractivity contribution in [2.45, 2.75) is 57.9 Å². The number of carboxylic acid groups (broad SMARTS) is 1. The maximum absolute atomic E-state index is 12.3. The maximum atomic E-state index is 12.3. The van der Waals surface area contributed by atoms with Crippen LogP contribution in [0.1, 0.15) is 62.4 Å². The van der Waals surface area contributed by atoms with Crippen LogP contribution in [0.3, 0.4) is 0 Å². The lowest BCUT2D eigenvalue weighted by atomic mass is 9.61. The molecule has 0 unspecified atom stereocenters. The van der Waals surface area contributed by atoms with E-state index in [-0.39, 0.29) is 24.3 Å². The summed E-state index contributed by atoms with van der Waals surface area (Å²) < 4.78 is 0. The predicted octanol–water partition coefficient (Wildman–Crippen LogP) is 2.06. The minimum absolute atomic E-state index is 0.00661. The second-order valence-electron chi connectivity index (χ2n) is 8.14. The summed E-state index contributed by atoms with van der Waals surface area (Å²) in [5.74, 6) is -0.0830. The Labute approximate surface area is 149 Å². The summed E-state index contributed by atoms with van der Waals surface area (Å²) >= 11 is 0. The van der Waals surface area contributed by atoms with E-state index < -0.39 is 5.97 Å². The van der Waals surface area contributed by atoms with E-state index in [1.54, 1.807) is 0 Å². The number of hydrogen-bond acceptors (Lipinski definition) is 4. The van der Waals surface area contributed by atoms with Gasteiger partial charge in [-0.1, -0.05) is 27.2 Å². The van der Waals surface area contributed by atoms with Crippen LogP contribution in [-0.4, -0.2) is 24.5 Å². The first-order valence-corrected chi connectivity index (χ1v) is 9.18.